The summed E-state index contributed by atoms with van der Waals surface area (Å²) in [5, 5.41) is 9.76. The van der Waals surface area contributed by atoms with Gasteiger partial charge >= 0.3 is 0 Å². The Kier molecular flexibility index (Phi) is 4.60. The van der Waals surface area contributed by atoms with Crippen LogP contribution in [0.2, 0.25) is 4.34 Å². The van der Waals surface area contributed by atoms with Crippen molar-refractivity contribution < 1.29 is 9.90 Å². The molecule has 2 saturated heterocycles. The van der Waals surface area contributed by atoms with Gasteiger partial charge in [-0.05, 0) is 37.8 Å². The largest absolute Gasteiger partial charge is 0.393 e. The minimum Gasteiger partial charge on any atom is -0.393 e. The van der Waals surface area contributed by atoms with Crippen LogP contribution in [-0.4, -0.2) is 39.9 Å². The molecule has 6 heteroatoms. The van der Waals surface area contributed by atoms with Crippen molar-refractivity contribution in [3.05, 3.63) is 21.3 Å². The van der Waals surface area contributed by atoms with Crippen molar-refractivity contribution in [1.82, 2.24) is 4.90 Å². The van der Waals surface area contributed by atoms with Gasteiger partial charge in [0.05, 0.1) is 16.2 Å². The second-order valence-electron chi connectivity index (χ2n) is 5.51. The van der Waals surface area contributed by atoms with Crippen LogP contribution in [0.1, 0.15) is 30.6 Å². The Hall–Kier alpha value is -0.230. The summed E-state index contributed by atoms with van der Waals surface area (Å²) in [6.45, 7) is 0. The number of carbonyl (C=O) groups is 1. The molecule has 1 aromatic rings. The van der Waals surface area contributed by atoms with Crippen molar-refractivity contribution in [2.45, 2.75) is 49.6 Å². The number of rotatable bonds is 4. The SMILES string of the molecule is O=C(CSCc1ccc(Cl)s1)N1C2CCC1CC(O)C2. The van der Waals surface area contributed by atoms with E-state index < -0.39 is 0 Å². The molecule has 0 aromatic carbocycles. The quantitative estimate of drug-likeness (QED) is 0.921. The van der Waals surface area contributed by atoms with E-state index in [4.69, 9.17) is 11.6 Å². The minimum absolute atomic E-state index is 0.211. The smallest absolute Gasteiger partial charge is 0.233 e. The highest BCUT2D eigenvalue weighted by atomic mass is 35.5. The van der Waals surface area contributed by atoms with Gasteiger partial charge in [-0.2, -0.15) is 0 Å². The first-order chi connectivity index (χ1) is 9.63. The lowest BCUT2D eigenvalue weighted by atomic mass is 10.00. The molecule has 3 heterocycles. The summed E-state index contributed by atoms with van der Waals surface area (Å²) in [6.07, 6.45) is 3.41. The van der Waals surface area contributed by atoms with Gasteiger partial charge in [0.15, 0.2) is 0 Å². The van der Waals surface area contributed by atoms with E-state index in [2.05, 4.69) is 0 Å². The Labute approximate surface area is 132 Å². The highest BCUT2D eigenvalue weighted by Gasteiger charge is 2.42. The zero-order valence-electron chi connectivity index (χ0n) is 11.1. The molecule has 2 fully saturated rings. The van der Waals surface area contributed by atoms with Crippen molar-refractivity contribution in [3.8, 4) is 0 Å². The summed E-state index contributed by atoms with van der Waals surface area (Å²) in [4.78, 5) is 15.6. The van der Waals surface area contributed by atoms with Gasteiger partial charge in [0.2, 0.25) is 5.91 Å². The van der Waals surface area contributed by atoms with E-state index in [1.165, 1.54) is 4.88 Å². The fraction of sp³-hybridized carbons (Fsp3) is 0.643. The summed E-state index contributed by atoms with van der Waals surface area (Å²) in [6, 6.07) is 4.46. The normalized spacial score (nSPS) is 28.9. The van der Waals surface area contributed by atoms with Gasteiger partial charge in [0.1, 0.15) is 0 Å². The highest BCUT2D eigenvalue weighted by molar-refractivity contribution is 7.99. The number of aliphatic hydroxyl groups excluding tert-OH is 1. The molecule has 2 unspecified atom stereocenters. The van der Waals surface area contributed by atoms with Crippen LogP contribution < -0.4 is 0 Å². The highest BCUT2D eigenvalue weighted by Crippen LogP contribution is 2.36. The number of thioether (sulfide) groups is 1. The van der Waals surface area contributed by atoms with Crippen molar-refractivity contribution in [2.24, 2.45) is 0 Å². The molecule has 3 nitrogen and oxygen atoms in total. The maximum absolute atomic E-state index is 12.4. The summed E-state index contributed by atoms with van der Waals surface area (Å²) in [5.41, 5.74) is 0. The maximum atomic E-state index is 12.4. The number of hydrogen-bond acceptors (Lipinski definition) is 4. The summed E-state index contributed by atoms with van der Waals surface area (Å²) >= 11 is 9.12. The first-order valence-corrected chi connectivity index (χ1v) is 9.29. The van der Waals surface area contributed by atoms with Crippen molar-refractivity contribution in [1.29, 1.82) is 0 Å². The van der Waals surface area contributed by atoms with Crippen LogP contribution in [0.25, 0.3) is 0 Å². The summed E-state index contributed by atoms with van der Waals surface area (Å²) < 4.78 is 0.801. The molecule has 2 bridgehead atoms. The molecular formula is C14H18ClNO2S2. The van der Waals surface area contributed by atoms with Crippen molar-refractivity contribution in [3.63, 3.8) is 0 Å². The van der Waals surface area contributed by atoms with Crippen LogP contribution in [0.15, 0.2) is 12.1 Å². The third kappa shape index (κ3) is 3.16. The van der Waals surface area contributed by atoms with Gasteiger partial charge in [-0.3, -0.25) is 4.79 Å². The molecule has 1 aromatic heterocycles. The number of hydrogen-bond donors (Lipinski definition) is 1. The molecule has 20 heavy (non-hydrogen) atoms. The standard InChI is InChI=1S/C14H18ClNO2S2/c15-13-4-3-12(20-13)7-19-8-14(18)16-9-1-2-10(16)6-11(17)5-9/h3-4,9-11,17H,1-2,5-8H2. The number of amides is 1. The Morgan fingerprint density at radius 3 is 2.70 bits per heavy atom. The van der Waals surface area contributed by atoms with E-state index in [0.717, 1.165) is 35.8 Å². The molecule has 2 aliphatic rings. The van der Waals surface area contributed by atoms with Crippen LogP contribution in [0, 0.1) is 0 Å². The van der Waals surface area contributed by atoms with Crippen molar-refractivity contribution >= 4 is 40.6 Å². The van der Waals surface area contributed by atoms with Crippen LogP contribution >= 0.6 is 34.7 Å². The van der Waals surface area contributed by atoms with Crippen LogP contribution in [-0.2, 0) is 10.5 Å². The second-order valence-corrected chi connectivity index (χ2v) is 8.30. The van der Waals surface area contributed by atoms with E-state index in [0.29, 0.717) is 5.75 Å². The Bertz CT molecular complexity index is 479. The second kappa shape index (κ2) is 6.26. The third-order valence-corrected chi connectivity index (χ3v) is 6.47. The fourth-order valence-corrected chi connectivity index (χ4v) is 5.39. The summed E-state index contributed by atoms with van der Waals surface area (Å²) in [7, 11) is 0. The molecule has 0 radical (unpaired) electrons. The third-order valence-electron chi connectivity index (χ3n) is 4.09. The molecule has 1 amide bonds. The zero-order chi connectivity index (χ0) is 14.1. The van der Waals surface area contributed by atoms with E-state index in [1.807, 2.05) is 17.0 Å². The lowest BCUT2D eigenvalue weighted by molar-refractivity contribution is -0.134. The molecular weight excluding hydrogens is 314 g/mol. The van der Waals surface area contributed by atoms with Gasteiger partial charge in [-0.1, -0.05) is 11.6 Å². The van der Waals surface area contributed by atoms with Gasteiger partial charge in [-0.25, -0.2) is 0 Å². The predicted molar refractivity (Wildman–Crippen MR) is 84.4 cm³/mol. The molecule has 3 rings (SSSR count). The maximum Gasteiger partial charge on any atom is 0.233 e. The molecule has 2 aliphatic heterocycles. The van der Waals surface area contributed by atoms with E-state index in [9.17, 15) is 9.90 Å². The summed E-state index contributed by atoms with van der Waals surface area (Å²) in [5.74, 6) is 1.60. The van der Waals surface area contributed by atoms with E-state index >= 15 is 0 Å². The number of carbonyl (C=O) groups excluding carboxylic acids is 1. The van der Waals surface area contributed by atoms with E-state index in [1.54, 1.807) is 23.1 Å². The lowest BCUT2D eigenvalue weighted by Crippen LogP contribution is -2.48. The van der Waals surface area contributed by atoms with Crippen molar-refractivity contribution in [2.75, 3.05) is 5.75 Å². The zero-order valence-corrected chi connectivity index (χ0v) is 13.5. The van der Waals surface area contributed by atoms with Gasteiger partial charge < -0.3 is 10.0 Å². The Morgan fingerprint density at radius 2 is 2.10 bits per heavy atom. The predicted octanol–water partition coefficient (Wildman–Crippen LogP) is 3.15. The molecule has 110 valence electrons. The van der Waals surface area contributed by atoms with Crippen LogP contribution in [0.5, 0.6) is 0 Å². The molecule has 0 aliphatic carbocycles. The number of nitrogens with zero attached hydrogens (tertiary/aromatic N) is 1. The first kappa shape index (κ1) is 14.7. The molecule has 0 saturated carbocycles. The van der Waals surface area contributed by atoms with E-state index in [-0.39, 0.29) is 24.1 Å². The number of fused-ring (bicyclic) bond motifs is 2. The molecule has 1 N–H and O–H groups in total. The average molecular weight is 332 g/mol. The Morgan fingerprint density at radius 1 is 1.40 bits per heavy atom. The minimum atomic E-state index is -0.211. The average Bonchev–Trinajstić information content (AvgIpc) is 2.92. The first-order valence-electron chi connectivity index (χ1n) is 6.94. The number of halogens is 1. The number of aliphatic hydroxyl groups is 1. The monoisotopic (exact) mass is 331 g/mol. The van der Waals surface area contributed by atoms with Gasteiger partial charge in [0.25, 0.3) is 0 Å². The van der Waals surface area contributed by atoms with Crippen LogP contribution in [0.4, 0.5) is 0 Å². The van der Waals surface area contributed by atoms with Crippen LogP contribution in [0.3, 0.4) is 0 Å². The lowest BCUT2D eigenvalue weighted by Gasteiger charge is -2.37. The van der Waals surface area contributed by atoms with Gasteiger partial charge in [0, 0.05) is 22.7 Å². The molecule has 0 spiro atoms. The Balaban J connectivity index is 1.50. The number of piperidine rings is 1. The number of thiophene rings is 1. The topological polar surface area (TPSA) is 40.5 Å². The molecule has 2 atom stereocenters. The van der Waals surface area contributed by atoms with Gasteiger partial charge in [-0.15, -0.1) is 23.1 Å². The fourth-order valence-electron chi connectivity index (χ4n) is 3.30.